The van der Waals surface area contributed by atoms with E-state index in [4.69, 9.17) is 0 Å². The van der Waals surface area contributed by atoms with E-state index in [2.05, 4.69) is 5.32 Å². The van der Waals surface area contributed by atoms with E-state index < -0.39 is 16.9 Å². The second-order valence-electron chi connectivity index (χ2n) is 4.82. The third kappa shape index (κ3) is 2.80. The van der Waals surface area contributed by atoms with Crippen LogP contribution in [0.4, 0.5) is 16.2 Å². The molecule has 3 rings (SSSR count). The number of rotatable bonds is 3. The molecule has 0 aliphatic carbocycles. The van der Waals surface area contributed by atoms with Crippen molar-refractivity contribution >= 4 is 29.4 Å². The minimum absolute atomic E-state index is 0.0688. The highest BCUT2D eigenvalue weighted by atomic mass is 16.6. The molecule has 0 spiro atoms. The van der Waals surface area contributed by atoms with Gasteiger partial charge in [0.15, 0.2) is 0 Å². The Kier molecular flexibility index (Phi) is 3.60. The van der Waals surface area contributed by atoms with Gasteiger partial charge in [0.2, 0.25) is 0 Å². The summed E-state index contributed by atoms with van der Waals surface area (Å²) in [4.78, 5) is 35.7. The monoisotopic (exact) mass is 309 g/mol. The summed E-state index contributed by atoms with van der Waals surface area (Å²) in [6.45, 7) is 0. The van der Waals surface area contributed by atoms with E-state index in [1.807, 2.05) is 0 Å². The molecule has 0 saturated carbocycles. The van der Waals surface area contributed by atoms with Crippen LogP contribution in [0, 0.1) is 10.1 Å². The van der Waals surface area contributed by atoms with Gasteiger partial charge < -0.3 is 5.32 Å². The van der Waals surface area contributed by atoms with Gasteiger partial charge in [0.05, 0.1) is 10.6 Å². The fourth-order valence-corrected chi connectivity index (χ4v) is 2.24. The number of benzene rings is 2. The van der Waals surface area contributed by atoms with Crippen LogP contribution >= 0.6 is 0 Å². The number of carbonyl (C=O) groups excluding carboxylic acids is 2. The Morgan fingerprint density at radius 2 is 1.78 bits per heavy atom. The summed E-state index contributed by atoms with van der Waals surface area (Å²) >= 11 is 0. The Labute approximate surface area is 131 Å². The highest BCUT2D eigenvalue weighted by Crippen LogP contribution is 2.22. The van der Waals surface area contributed by atoms with Gasteiger partial charge in [-0.3, -0.25) is 14.9 Å². The molecule has 0 aromatic heterocycles. The van der Waals surface area contributed by atoms with Crippen molar-refractivity contribution in [2.75, 3.05) is 4.90 Å². The van der Waals surface area contributed by atoms with Gasteiger partial charge >= 0.3 is 6.03 Å². The highest BCUT2D eigenvalue weighted by molar-refractivity contribution is 6.28. The van der Waals surface area contributed by atoms with Gasteiger partial charge in [-0.1, -0.05) is 30.3 Å². The van der Waals surface area contributed by atoms with Crippen LogP contribution in [0.2, 0.25) is 0 Å². The van der Waals surface area contributed by atoms with Crippen LogP contribution in [0.3, 0.4) is 0 Å². The normalized spacial score (nSPS) is 15.8. The molecule has 0 bridgehead atoms. The van der Waals surface area contributed by atoms with Gasteiger partial charge in [0.1, 0.15) is 5.70 Å². The fraction of sp³-hybridized carbons (Fsp3) is 0. The molecule has 0 radical (unpaired) electrons. The van der Waals surface area contributed by atoms with Crippen molar-refractivity contribution in [2.24, 2.45) is 0 Å². The first-order chi connectivity index (χ1) is 11.1. The van der Waals surface area contributed by atoms with Gasteiger partial charge in [-0.05, 0) is 23.8 Å². The first-order valence-electron chi connectivity index (χ1n) is 6.73. The third-order valence-electron chi connectivity index (χ3n) is 3.28. The summed E-state index contributed by atoms with van der Waals surface area (Å²) in [6, 6.07) is 13.8. The molecule has 1 aliphatic rings. The maximum absolute atomic E-state index is 12.4. The lowest BCUT2D eigenvalue weighted by Gasteiger charge is -2.10. The molecule has 1 saturated heterocycles. The number of nitro groups is 1. The van der Waals surface area contributed by atoms with E-state index in [1.165, 1.54) is 24.3 Å². The van der Waals surface area contributed by atoms with Crippen LogP contribution in [0.5, 0.6) is 0 Å². The van der Waals surface area contributed by atoms with E-state index in [-0.39, 0.29) is 11.4 Å². The minimum Gasteiger partial charge on any atom is -0.302 e. The second-order valence-corrected chi connectivity index (χ2v) is 4.82. The first kappa shape index (κ1) is 14.5. The van der Waals surface area contributed by atoms with E-state index in [1.54, 1.807) is 36.4 Å². The molecule has 23 heavy (non-hydrogen) atoms. The summed E-state index contributed by atoms with van der Waals surface area (Å²) in [5.41, 5.74) is 0.894. The number of hydrogen-bond donors (Lipinski definition) is 1. The topological polar surface area (TPSA) is 92.5 Å². The van der Waals surface area contributed by atoms with E-state index in [0.717, 1.165) is 4.90 Å². The van der Waals surface area contributed by atoms with Gasteiger partial charge in [-0.15, -0.1) is 0 Å². The number of urea groups is 1. The lowest BCUT2D eigenvalue weighted by atomic mass is 10.1. The average Bonchev–Trinajstić information content (AvgIpc) is 2.82. The Morgan fingerprint density at radius 1 is 1.04 bits per heavy atom. The molecule has 1 fully saturated rings. The number of hydrogen-bond acceptors (Lipinski definition) is 4. The van der Waals surface area contributed by atoms with E-state index in [9.17, 15) is 19.7 Å². The molecule has 1 aliphatic heterocycles. The fourth-order valence-electron chi connectivity index (χ4n) is 2.24. The lowest BCUT2D eigenvalue weighted by molar-refractivity contribution is -0.384. The number of para-hydroxylation sites is 1. The van der Waals surface area contributed by atoms with Crippen molar-refractivity contribution < 1.29 is 14.5 Å². The van der Waals surface area contributed by atoms with Gasteiger partial charge in [0, 0.05) is 12.1 Å². The number of imide groups is 1. The standard InChI is InChI=1S/C16H11N3O4/c20-15-14(10-11-5-4-8-13(9-11)19(22)23)17-16(21)18(15)12-6-2-1-3-7-12/h1-10H,(H,17,21). The zero-order valence-electron chi connectivity index (χ0n) is 11.8. The lowest BCUT2D eigenvalue weighted by Crippen LogP contribution is -2.30. The predicted octanol–water partition coefficient (Wildman–Crippen LogP) is 2.69. The molecule has 1 N–H and O–H groups in total. The quantitative estimate of drug-likeness (QED) is 0.408. The van der Waals surface area contributed by atoms with E-state index >= 15 is 0 Å². The van der Waals surface area contributed by atoms with Crippen molar-refractivity contribution in [3.63, 3.8) is 0 Å². The van der Waals surface area contributed by atoms with Gasteiger partial charge in [-0.2, -0.15) is 0 Å². The molecular formula is C16H11N3O4. The number of nitrogens with zero attached hydrogens (tertiary/aromatic N) is 2. The Morgan fingerprint density at radius 3 is 2.48 bits per heavy atom. The van der Waals surface area contributed by atoms with Gasteiger partial charge in [-0.25, -0.2) is 9.69 Å². The molecular weight excluding hydrogens is 298 g/mol. The van der Waals surface area contributed by atoms with Crippen LogP contribution in [0.25, 0.3) is 6.08 Å². The summed E-state index contributed by atoms with van der Waals surface area (Å²) < 4.78 is 0. The molecule has 0 atom stereocenters. The number of carbonyl (C=O) groups is 2. The summed E-state index contributed by atoms with van der Waals surface area (Å²) in [6.07, 6.45) is 1.41. The molecule has 1 heterocycles. The smallest absolute Gasteiger partial charge is 0.302 e. The number of amides is 3. The summed E-state index contributed by atoms with van der Waals surface area (Å²) in [7, 11) is 0. The molecule has 114 valence electrons. The molecule has 7 heteroatoms. The third-order valence-corrected chi connectivity index (χ3v) is 3.28. The van der Waals surface area contributed by atoms with Crippen LogP contribution < -0.4 is 10.2 Å². The van der Waals surface area contributed by atoms with Crippen molar-refractivity contribution in [3.8, 4) is 0 Å². The molecule has 0 unspecified atom stereocenters. The number of nitrogens with one attached hydrogen (secondary N) is 1. The van der Waals surface area contributed by atoms with Crippen LogP contribution in [-0.4, -0.2) is 16.9 Å². The zero-order valence-corrected chi connectivity index (χ0v) is 11.8. The van der Waals surface area contributed by atoms with E-state index in [0.29, 0.717) is 11.3 Å². The first-order valence-corrected chi connectivity index (χ1v) is 6.73. The number of non-ortho nitro benzene ring substituents is 1. The van der Waals surface area contributed by atoms with Crippen LogP contribution in [-0.2, 0) is 4.79 Å². The molecule has 2 aromatic rings. The zero-order chi connectivity index (χ0) is 16.4. The highest BCUT2D eigenvalue weighted by Gasteiger charge is 2.34. The van der Waals surface area contributed by atoms with Crippen molar-refractivity contribution in [1.82, 2.24) is 5.32 Å². The number of anilines is 1. The summed E-state index contributed by atoms with van der Waals surface area (Å²) in [5.74, 6) is -0.507. The molecule has 3 amide bonds. The molecule has 2 aromatic carbocycles. The van der Waals surface area contributed by atoms with Crippen molar-refractivity contribution in [1.29, 1.82) is 0 Å². The summed E-state index contributed by atoms with van der Waals surface area (Å²) in [5, 5.41) is 13.3. The van der Waals surface area contributed by atoms with Crippen LogP contribution in [0.15, 0.2) is 60.3 Å². The average molecular weight is 309 g/mol. The van der Waals surface area contributed by atoms with Gasteiger partial charge in [0.25, 0.3) is 11.6 Å². The minimum atomic E-state index is -0.558. The Balaban J connectivity index is 1.93. The Bertz CT molecular complexity index is 830. The van der Waals surface area contributed by atoms with Crippen LogP contribution in [0.1, 0.15) is 5.56 Å². The number of nitro benzene ring substituents is 1. The second kappa shape index (κ2) is 5.72. The SMILES string of the molecule is O=C1NC(=Cc2cccc([N+](=O)[O-])c2)C(=O)N1c1ccccc1. The molecule has 7 nitrogen and oxygen atoms in total. The van der Waals surface area contributed by atoms with Crippen molar-refractivity contribution in [2.45, 2.75) is 0 Å². The predicted molar refractivity (Wildman–Crippen MR) is 83.5 cm³/mol. The van der Waals surface area contributed by atoms with Crippen molar-refractivity contribution in [3.05, 3.63) is 76.0 Å². The maximum Gasteiger partial charge on any atom is 0.333 e. The largest absolute Gasteiger partial charge is 0.333 e. The maximum atomic E-state index is 12.4. The Hall–Kier alpha value is -3.48.